The molecule has 0 bridgehead atoms. The van der Waals surface area contributed by atoms with Crippen molar-refractivity contribution in [3.63, 3.8) is 0 Å². The maximum atomic E-state index is 12.8. The van der Waals surface area contributed by atoms with Crippen molar-refractivity contribution in [3.05, 3.63) is 23.5 Å². The van der Waals surface area contributed by atoms with E-state index in [4.69, 9.17) is 9.47 Å². The molecule has 0 aromatic carbocycles. The number of hydrogen-bond donors (Lipinski definition) is 0. The van der Waals surface area contributed by atoms with Crippen molar-refractivity contribution in [2.45, 2.75) is 77.9 Å². The summed E-state index contributed by atoms with van der Waals surface area (Å²) in [4.78, 5) is 25.4. The van der Waals surface area contributed by atoms with E-state index in [9.17, 15) is 9.59 Å². The van der Waals surface area contributed by atoms with Crippen LogP contribution >= 0.6 is 0 Å². The SMILES string of the molecule is C[C@]12CCC(=O)C(OC3CCCCO3)=C1C=C[C@@H]1[C@@H]2CC[C@]2(C)C(=O)CC[C@@H]12. The molecule has 0 radical (unpaired) electrons. The van der Waals surface area contributed by atoms with Gasteiger partial charge in [-0.15, -0.1) is 0 Å². The molecule has 0 aromatic rings. The number of ketones is 2. The van der Waals surface area contributed by atoms with Crippen LogP contribution in [0.25, 0.3) is 0 Å². The first-order valence-electron chi connectivity index (χ1n) is 11.2. The second kappa shape index (κ2) is 6.55. The first-order chi connectivity index (χ1) is 13.4. The Hall–Kier alpha value is -1.42. The van der Waals surface area contributed by atoms with Crippen LogP contribution < -0.4 is 0 Å². The highest BCUT2D eigenvalue weighted by Gasteiger charge is 2.58. The Labute approximate surface area is 167 Å². The van der Waals surface area contributed by atoms with Gasteiger partial charge in [-0.05, 0) is 56.3 Å². The molecule has 1 saturated heterocycles. The first-order valence-corrected chi connectivity index (χ1v) is 11.2. The third-order valence-electron chi connectivity index (χ3n) is 8.72. The summed E-state index contributed by atoms with van der Waals surface area (Å²) >= 11 is 0. The van der Waals surface area contributed by atoms with Gasteiger partial charge in [-0.25, -0.2) is 0 Å². The van der Waals surface area contributed by atoms with Gasteiger partial charge < -0.3 is 9.47 Å². The molecule has 0 aromatic heterocycles. The fourth-order valence-electron chi connectivity index (χ4n) is 6.93. The Bertz CT molecular complexity index is 759. The normalized spacial score (nSPS) is 45.5. The second-order valence-electron chi connectivity index (χ2n) is 10.1. The third-order valence-corrected chi connectivity index (χ3v) is 8.72. The molecule has 3 fully saturated rings. The van der Waals surface area contributed by atoms with Crippen molar-refractivity contribution < 1.29 is 19.1 Å². The van der Waals surface area contributed by atoms with Crippen molar-refractivity contribution >= 4 is 11.6 Å². The van der Waals surface area contributed by atoms with Crippen molar-refractivity contribution in [1.82, 2.24) is 0 Å². The predicted molar refractivity (Wildman–Crippen MR) is 105 cm³/mol. The van der Waals surface area contributed by atoms with E-state index in [2.05, 4.69) is 26.0 Å². The number of carbonyl (C=O) groups excluding carboxylic acids is 2. The number of hydrogen-bond acceptors (Lipinski definition) is 4. The summed E-state index contributed by atoms with van der Waals surface area (Å²) in [5.74, 6) is 2.55. The van der Waals surface area contributed by atoms with Crippen LogP contribution in [0.15, 0.2) is 23.5 Å². The maximum Gasteiger partial charge on any atom is 0.200 e. The number of Topliss-reactive ketones (excluding diaryl/α,β-unsaturated/α-hetero) is 2. The Morgan fingerprint density at radius 1 is 1.00 bits per heavy atom. The molecule has 0 amide bonds. The topological polar surface area (TPSA) is 52.6 Å². The van der Waals surface area contributed by atoms with E-state index in [1.807, 2.05) is 0 Å². The van der Waals surface area contributed by atoms with Crippen molar-refractivity contribution in [1.29, 1.82) is 0 Å². The average Bonchev–Trinajstić information content (AvgIpc) is 3.00. The molecule has 1 aliphatic heterocycles. The number of carbonyl (C=O) groups is 2. The number of rotatable bonds is 2. The van der Waals surface area contributed by atoms with Crippen LogP contribution in [0.4, 0.5) is 0 Å². The third kappa shape index (κ3) is 2.59. The molecule has 152 valence electrons. The molecule has 28 heavy (non-hydrogen) atoms. The van der Waals surface area contributed by atoms with Gasteiger partial charge in [-0.2, -0.15) is 0 Å². The molecule has 4 nitrogen and oxygen atoms in total. The summed E-state index contributed by atoms with van der Waals surface area (Å²) < 4.78 is 11.9. The van der Waals surface area contributed by atoms with Gasteiger partial charge in [-0.3, -0.25) is 9.59 Å². The van der Waals surface area contributed by atoms with Crippen molar-refractivity contribution in [2.75, 3.05) is 6.61 Å². The highest BCUT2D eigenvalue weighted by molar-refractivity contribution is 5.96. The van der Waals surface area contributed by atoms with Gasteiger partial charge in [-0.1, -0.05) is 26.0 Å². The van der Waals surface area contributed by atoms with E-state index in [-0.39, 0.29) is 22.9 Å². The van der Waals surface area contributed by atoms with Crippen LogP contribution in [-0.2, 0) is 19.1 Å². The molecule has 0 spiro atoms. The van der Waals surface area contributed by atoms with Crippen LogP contribution in [-0.4, -0.2) is 24.5 Å². The lowest BCUT2D eigenvalue weighted by atomic mass is 9.49. The first kappa shape index (κ1) is 18.6. The fourth-order valence-corrected chi connectivity index (χ4v) is 6.93. The van der Waals surface area contributed by atoms with Crippen LogP contribution in [0.1, 0.15) is 71.6 Å². The summed E-state index contributed by atoms with van der Waals surface area (Å²) in [6, 6.07) is 0. The number of fused-ring (bicyclic) bond motifs is 5. The van der Waals surface area contributed by atoms with Gasteiger partial charge in [0.15, 0.2) is 17.8 Å². The lowest BCUT2D eigenvalue weighted by Crippen LogP contribution is -2.49. The maximum absolute atomic E-state index is 12.8. The molecular formula is C24H32O4. The van der Waals surface area contributed by atoms with E-state index in [1.54, 1.807) is 0 Å². The average molecular weight is 385 g/mol. The monoisotopic (exact) mass is 384 g/mol. The number of allylic oxidation sites excluding steroid dienone is 4. The zero-order valence-electron chi connectivity index (χ0n) is 17.2. The predicted octanol–water partition coefficient (Wildman–Crippen LogP) is 4.73. The summed E-state index contributed by atoms with van der Waals surface area (Å²) in [5.41, 5.74) is 0.916. The van der Waals surface area contributed by atoms with E-state index in [0.717, 1.165) is 56.9 Å². The zero-order chi connectivity index (χ0) is 19.5. The molecule has 5 aliphatic rings. The van der Waals surface area contributed by atoms with Crippen LogP contribution in [0.3, 0.4) is 0 Å². The van der Waals surface area contributed by atoms with E-state index < -0.39 is 0 Å². The summed E-state index contributed by atoms with van der Waals surface area (Å²) in [6.45, 7) is 5.25. The molecule has 4 heteroatoms. The molecule has 1 heterocycles. The quantitative estimate of drug-likeness (QED) is 0.690. The lowest BCUT2D eigenvalue weighted by molar-refractivity contribution is -0.153. The van der Waals surface area contributed by atoms with Crippen molar-refractivity contribution in [2.24, 2.45) is 28.6 Å². The summed E-state index contributed by atoms with van der Waals surface area (Å²) in [7, 11) is 0. The Kier molecular flexibility index (Phi) is 4.35. The highest BCUT2D eigenvalue weighted by Crippen LogP contribution is 2.63. The molecular weight excluding hydrogens is 352 g/mol. The van der Waals surface area contributed by atoms with Gasteiger partial charge >= 0.3 is 0 Å². The van der Waals surface area contributed by atoms with Crippen LogP contribution in [0.2, 0.25) is 0 Å². The van der Waals surface area contributed by atoms with Gasteiger partial charge in [0.2, 0.25) is 0 Å². The largest absolute Gasteiger partial charge is 0.461 e. The van der Waals surface area contributed by atoms with Crippen LogP contribution in [0, 0.1) is 28.6 Å². The Balaban J connectivity index is 1.51. The minimum atomic E-state index is -0.282. The smallest absolute Gasteiger partial charge is 0.200 e. The standard InChI is InChI=1S/C24H32O4/c1-23-13-11-19(25)22(28-21-5-3-4-14-27-21)18(23)7-6-15-16-8-9-20(26)24(16,2)12-10-17(15)23/h6-7,15-17,21H,3-5,8-14H2,1-2H3/t15-,16-,17-,21?,23+,24-/m0/s1. The molecule has 1 unspecified atom stereocenters. The molecule has 2 saturated carbocycles. The van der Waals surface area contributed by atoms with Gasteiger partial charge in [0.05, 0.1) is 6.61 Å². The minimum absolute atomic E-state index is 0.0374. The Morgan fingerprint density at radius 2 is 1.82 bits per heavy atom. The fraction of sp³-hybridized carbons (Fsp3) is 0.750. The van der Waals surface area contributed by atoms with E-state index in [0.29, 0.717) is 42.3 Å². The molecule has 5 rings (SSSR count). The number of ether oxygens (including phenoxy) is 2. The van der Waals surface area contributed by atoms with Crippen LogP contribution in [0.5, 0.6) is 0 Å². The van der Waals surface area contributed by atoms with Crippen molar-refractivity contribution in [3.8, 4) is 0 Å². The minimum Gasteiger partial charge on any atom is -0.461 e. The second-order valence-corrected chi connectivity index (χ2v) is 10.1. The molecule has 6 atom stereocenters. The van der Waals surface area contributed by atoms with Gasteiger partial charge in [0.1, 0.15) is 5.78 Å². The van der Waals surface area contributed by atoms with E-state index >= 15 is 0 Å². The molecule has 0 N–H and O–H groups in total. The zero-order valence-corrected chi connectivity index (χ0v) is 17.2. The highest BCUT2D eigenvalue weighted by atomic mass is 16.7. The molecule has 4 aliphatic carbocycles. The lowest BCUT2D eigenvalue weighted by Gasteiger charge is -2.54. The summed E-state index contributed by atoms with van der Waals surface area (Å²) in [6.07, 6.45) is 12.5. The van der Waals surface area contributed by atoms with Gasteiger partial charge in [0, 0.05) is 35.7 Å². The Morgan fingerprint density at radius 3 is 2.61 bits per heavy atom. The van der Waals surface area contributed by atoms with Gasteiger partial charge in [0.25, 0.3) is 0 Å². The summed E-state index contributed by atoms with van der Waals surface area (Å²) in [5, 5.41) is 0. The van der Waals surface area contributed by atoms with E-state index in [1.165, 1.54) is 0 Å².